The minimum atomic E-state index is -0.435. The Morgan fingerprint density at radius 3 is 2.38 bits per heavy atom. The number of hydrogen-bond acceptors (Lipinski definition) is 10. The zero-order valence-corrected chi connectivity index (χ0v) is 24.2. The molecule has 1 aromatic heterocycles. The van der Waals surface area contributed by atoms with Crippen molar-refractivity contribution in [3.8, 4) is 11.5 Å². The van der Waals surface area contributed by atoms with Gasteiger partial charge in [-0.05, 0) is 37.4 Å². The number of halogens is 1. The van der Waals surface area contributed by atoms with Crippen molar-refractivity contribution in [2.45, 2.75) is 13.8 Å². The molecule has 0 radical (unpaired) electrons. The summed E-state index contributed by atoms with van der Waals surface area (Å²) >= 11 is 1.33. The second-order valence-corrected chi connectivity index (χ2v) is 9.67. The third kappa shape index (κ3) is 6.52. The molecule has 4 rings (SSSR count). The Balaban J connectivity index is 0.00000420. The Hall–Kier alpha value is -3.19. The number of carbonyl (C=O) groups is 1. The van der Waals surface area contributed by atoms with E-state index in [0.717, 1.165) is 17.8 Å². The topological polar surface area (TPSA) is 111 Å². The number of aromatic nitrogens is 1. The first-order valence-corrected chi connectivity index (χ1v) is 13.4. The first-order valence-electron chi connectivity index (χ1n) is 12.6. The van der Waals surface area contributed by atoms with E-state index in [4.69, 9.17) is 19.2 Å². The minimum absolute atomic E-state index is 0. The van der Waals surface area contributed by atoms with E-state index in [2.05, 4.69) is 18.7 Å². The number of hydrogen-bond donors (Lipinski definition) is 0. The molecule has 3 aromatic rings. The molecule has 0 unspecified atom stereocenters. The van der Waals surface area contributed by atoms with E-state index in [0.29, 0.717) is 67.2 Å². The number of morpholine rings is 1. The number of nitro groups is 1. The Bertz CT molecular complexity index is 1250. The number of carbonyl (C=O) groups excluding carboxylic acids is 1. The van der Waals surface area contributed by atoms with Gasteiger partial charge in [0.05, 0.1) is 32.4 Å². The normalized spacial score (nSPS) is 13.3. The monoisotopic (exact) mass is 579 g/mol. The molecule has 1 saturated heterocycles. The fraction of sp³-hybridized carbons (Fsp3) is 0.462. The van der Waals surface area contributed by atoms with Crippen molar-refractivity contribution in [3.05, 3.63) is 46.0 Å². The predicted molar refractivity (Wildman–Crippen MR) is 156 cm³/mol. The minimum Gasteiger partial charge on any atom is -0.495 e. The predicted octanol–water partition coefficient (Wildman–Crippen LogP) is 4.47. The first kappa shape index (κ1) is 30.4. The summed E-state index contributed by atoms with van der Waals surface area (Å²) in [6.07, 6.45) is 0. The van der Waals surface area contributed by atoms with Crippen LogP contribution in [0.25, 0.3) is 10.2 Å². The largest absolute Gasteiger partial charge is 0.495 e. The molecule has 11 nitrogen and oxygen atoms in total. The van der Waals surface area contributed by atoms with Crippen LogP contribution in [0.5, 0.6) is 11.5 Å². The number of thiazole rings is 1. The molecule has 13 heteroatoms. The fourth-order valence-corrected chi connectivity index (χ4v) is 5.58. The lowest BCUT2D eigenvalue weighted by atomic mass is 10.1. The van der Waals surface area contributed by atoms with Crippen molar-refractivity contribution in [1.29, 1.82) is 0 Å². The van der Waals surface area contributed by atoms with Crippen molar-refractivity contribution < 1.29 is 23.9 Å². The lowest BCUT2D eigenvalue weighted by Crippen LogP contribution is -2.39. The van der Waals surface area contributed by atoms with Gasteiger partial charge in [-0.3, -0.25) is 19.8 Å². The highest BCUT2D eigenvalue weighted by Crippen LogP contribution is 2.40. The number of anilines is 2. The summed E-state index contributed by atoms with van der Waals surface area (Å²) in [6, 6.07) is 8.26. The second-order valence-electron chi connectivity index (χ2n) is 8.69. The van der Waals surface area contributed by atoms with Gasteiger partial charge in [0.1, 0.15) is 27.4 Å². The van der Waals surface area contributed by atoms with Gasteiger partial charge in [0.2, 0.25) is 0 Å². The lowest BCUT2D eigenvalue weighted by Gasteiger charge is -2.29. The Labute approximate surface area is 237 Å². The lowest BCUT2D eigenvalue weighted by molar-refractivity contribution is -0.384. The standard InChI is InChI=1S/C26H33N5O6S.ClH/c1-5-28(6-2)11-12-30(26-27-23-21(35-3)9-10-22(36-4)24(23)38-26)25(32)18-7-8-19(20(17-18)31(33)34)29-13-15-37-16-14-29;/h7-10,17H,5-6,11-16H2,1-4H3;1H. The van der Waals surface area contributed by atoms with Crippen molar-refractivity contribution in [3.63, 3.8) is 0 Å². The second kappa shape index (κ2) is 13.7. The fourth-order valence-electron chi connectivity index (χ4n) is 4.49. The van der Waals surface area contributed by atoms with Gasteiger partial charge in [0, 0.05) is 37.8 Å². The van der Waals surface area contributed by atoms with Crippen LogP contribution in [0, 0.1) is 10.1 Å². The number of likely N-dealkylation sites (N-methyl/N-ethyl adjacent to an activating group) is 1. The molecule has 2 heterocycles. The van der Waals surface area contributed by atoms with Gasteiger partial charge in [-0.25, -0.2) is 4.98 Å². The molecule has 0 atom stereocenters. The average molecular weight is 580 g/mol. The highest BCUT2D eigenvalue weighted by Gasteiger charge is 2.28. The number of nitro benzene ring substituents is 1. The molecule has 0 bridgehead atoms. The van der Waals surface area contributed by atoms with Crippen LogP contribution in [0.1, 0.15) is 24.2 Å². The SMILES string of the molecule is CCN(CC)CCN(C(=O)c1ccc(N2CCOCC2)c([N+](=O)[O-])c1)c1nc2c(OC)ccc(OC)c2s1.Cl. The third-order valence-electron chi connectivity index (χ3n) is 6.68. The van der Waals surface area contributed by atoms with Gasteiger partial charge in [-0.15, -0.1) is 12.4 Å². The van der Waals surface area contributed by atoms with Crippen molar-refractivity contribution >= 4 is 56.4 Å². The summed E-state index contributed by atoms with van der Waals surface area (Å²) in [5.74, 6) is 0.849. The summed E-state index contributed by atoms with van der Waals surface area (Å²) in [5, 5.41) is 12.5. The molecule has 1 amide bonds. The average Bonchev–Trinajstić information content (AvgIpc) is 3.40. The van der Waals surface area contributed by atoms with Crippen LogP contribution in [0.3, 0.4) is 0 Å². The van der Waals surface area contributed by atoms with E-state index in [1.54, 1.807) is 43.4 Å². The van der Waals surface area contributed by atoms with Crippen LogP contribution in [0.2, 0.25) is 0 Å². The van der Waals surface area contributed by atoms with E-state index in [-0.39, 0.29) is 29.6 Å². The van der Waals surface area contributed by atoms with E-state index in [1.807, 2.05) is 4.90 Å². The van der Waals surface area contributed by atoms with E-state index in [9.17, 15) is 14.9 Å². The summed E-state index contributed by atoms with van der Waals surface area (Å²) in [4.78, 5) is 36.0. The van der Waals surface area contributed by atoms with Crippen molar-refractivity contribution in [2.24, 2.45) is 0 Å². The summed E-state index contributed by atoms with van der Waals surface area (Å²) < 4.78 is 17.2. The Kier molecular flexibility index (Phi) is 10.7. The molecule has 2 aromatic carbocycles. The molecule has 1 aliphatic heterocycles. The van der Waals surface area contributed by atoms with Crippen LogP contribution in [0.15, 0.2) is 30.3 Å². The maximum Gasteiger partial charge on any atom is 0.293 e. The molecule has 212 valence electrons. The molecule has 0 saturated carbocycles. The summed E-state index contributed by atoms with van der Waals surface area (Å²) in [7, 11) is 3.15. The number of ether oxygens (including phenoxy) is 3. The number of fused-ring (bicyclic) bond motifs is 1. The van der Waals surface area contributed by atoms with Crippen LogP contribution in [-0.2, 0) is 4.74 Å². The van der Waals surface area contributed by atoms with Crippen LogP contribution in [0.4, 0.5) is 16.5 Å². The molecule has 0 N–H and O–H groups in total. The Morgan fingerprint density at radius 2 is 1.77 bits per heavy atom. The van der Waals surface area contributed by atoms with E-state index in [1.165, 1.54) is 17.4 Å². The van der Waals surface area contributed by atoms with Gasteiger partial charge in [0.15, 0.2) is 5.13 Å². The zero-order chi connectivity index (χ0) is 27.2. The number of amides is 1. The van der Waals surface area contributed by atoms with Gasteiger partial charge < -0.3 is 24.0 Å². The van der Waals surface area contributed by atoms with Gasteiger partial charge in [-0.1, -0.05) is 25.2 Å². The maximum absolute atomic E-state index is 13.9. The van der Waals surface area contributed by atoms with Crippen LogP contribution in [-0.4, -0.2) is 87.4 Å². The highest BCUT2D eigenvalue weighted by atomic mass is 35.5. The molecule has 1 fully saturated rings. The highest BCUT2D eigenvalue weighted by molar-refractivity contribution is 7.22. The van der Waals surface area contributed by atoms with Gasteiger partial charge in [0.25, 0.3) is 11.6 Å². The molecule has 39 heavy (non-hydrogen) atoms. The van der Waals surface area contributed by atoms with Crippen LogP contribution < -0.4 is 19.3 Å². The van der Waals surface area contributed by atoms with E-state index < -0.39 is 4.92 Å². The molecular formula is C26H34ClN5O6S. The summed E-state index contributed by atoms with van der Waals surface area (Å²) in [6.45, 7) is 8.90. The number of benzene rings is 2. The zero-order valence-electron chi connectivity index (χ0n) is 22.5. The molecule has 0 aliphatic carbocycles. The first-order chi connectivity index (χ1) is 18.4. The van der Waals surface area contributed by atoms with E-state index >= 15 is 0 Å². The number of rotatable bonds is 11. The van der Waals surface area contributed by atoms with Crippen molar-refractivity contribution in [1.82, 2.24) is 9.88 Å². The van der Waals surface area contributed by atoms with Gasteiger partial charge in [-0.2, -0.15) is 0 Å². The van der Waals surface area contributed by atoms with Crippen LogP contribution >= 0.6 is 23.7 Å². The Morgan fingerprint density at radius 1 is 1.10 bits per heavy atom. The molecule has 1 aliphatic rings. The van der Waals surface area contributed by atoms with Gasteiger partial charge >= 0.3 is 0 Å². The quantitative estimate of drug-likeness (QED) is 0.240. The molecule has 0 spiro atoms. The number of nitrogens with zero attached hydrogens (tertiary/aromatic N) is 5. The smallest absolute Gasteiger partial charge is 0.293 e. The molecular weight excluding hydrogens is 546 g/mol. The number of methoxy groups -OCH3 is 2. The van der Waals surface area contributed by atoms with Crippen molar-refractivity contribution in [2.75, 3.05) is 76.5 Å². The summed E-state index contributed by atoms with van der Waals surface area (Å²) in [5.41, 5.74) is 1.21. The third-order valence-corrected chi connectivity index (χ3v) is 7.77. The maximum atomic E-state index is 13.9.